The lowest BCUT2D eigenvalue weighted by atomic mass is 10.1. The van der Waals surface area contributed by atoms with Crippen LogP contribution >= 0.6 is 0 Å². The minimum absolute atomic E-state index is 0.113. The Morgan fingerprint density at radius 2 is 1.97 bits per heavy atom. The van der Waals surface area contributed by atoms with Gasteiger partial charge in [0.25, 0.3) is 5.91 Å². The van der Waals surface area contributed by atoms with Gasteiger partial charge in [0.2, 0.25) is 0 Å². The largest absolute Gasteiger partial charge is 0.496 e. The van der Waals surface area contributed by atoms with Crippen LogP contribution in [0.1, 0.15) is 27.3 Å². The number of methoxy groups -OCH3 is 1. The molecule has 0 bridgehead atoms. The molecule has 0 saturated carbocycles. The third-order valence-electron chi connectivity index (χ3n) is 6.33. The second-order valence-electron chi connectivity index (χ2n) is 9.10. The number of pyridine rings is 1. The molecule has 0 spiro atoms. The zero-order valence-electron chi connectivity index (χ0n) is 21.8. The topological polar surface area (TPSA) is 128 Å². The first-order valence-corrected chi connectivity index (χ1v) is 12.0. The Labute approximate surface area is 219 Å². The maximum atomic E-state index is 13.3. The lowest BCUT2D eigenvalue weighted by molar-refractivity contribution is 0.0946. The lowest BCUT2D eigenvalue weighted by Crippen LogP contribution is -2.24. The molecule has 0 saturated heterocycles. The van der Waals surface area contributed by atoms with Crippen LogP contribution in [0.3, 0.4) is 0 Å². The van der Waals surface area contributed by atoms with Crippen LogP contribution in [-0.4, -0.2) is 47.1 Å². The number of rotatable bonds is 7. The highest BCUT2D eigenvalue weighted by Crippen LogP contribution is 2.30. The second-order valence-corrected chi connectivity index (χ2v) is 9.10. The molecule has 0 radical (unpaired) electrons. The predicted molar refractivity (Wildman–Crippen MR) is 141 cm³/mol. The number of fused-ring (bicyclic) bond motifs is 1. The Bertz CT molecular complexity index is 1720. The van der Waals surface area contributed by atoms with Crippen LogP contribution in [0.25, 0.3) is 33.8 Å². The molecule has 1 N–H and O–H groups in total. The maximum Gasteiger partial charge on any atom is 0.270 e. The van der Waals surface area contributed by atoms with Crippen LogP contribution < -0.4 is 10.1 Å². The number of nitrogens with zero attached hydrogens (tertiary/aromatic N) is 8. The molecular formula is C27H27N9O2. The highest BCUT2D eigenvalue weighted by molar-refractivity contribution is 5.99. The van der Waals surface area contributed by atoms with Crippen LogP contribution in [0.2, 0.25) is 0 Å². The van der Waals surface area contributed by atoms with Crippen LogP contribution in [0.15, 0.2) is 42.7 Å². The first-order valence-electron chi connectivity index (χ1n) is 12.0. The summed E-state index contributed by atoms with van der Waals surface area (Å²) in [5.41, 5.74) is 5.65. The summed E-state index contributed by atoms with van der Waals surface area (Å²) in [6, 6.07) is 11.6. The average molecular weight is 510 g/mol. The van der Waals surface area contributed by atoms with Crippen molar-refractivity contribution in [1.82, 2.24) is 39.4 Å². The van der Waals surface area contributed by atoms with E-state index in [-0.39, 0.29) is 24.7 Å². The summed E-state index contributed by atoms with van der Waals surface area (Å²) in [6.07, 6.45) is 3.58. The fourth-order valence-electron chi connectivity index (χ4n) is 4.44. The Morgan fingerprint density at radius 1 is 1.16 bits per heavy atom. The Kier molecular flexibility index (Phi) is 6.38. The summed E-state index contributed by atoms with van der Waals surface area (Å²) < 4.78 is 10.6. The van der Waals surface area contributed by atoms with E-state index >= 15 is 0 Å². The summed E-state index contributed by atoms with van der Waals surface area (Å²) in [4.78, 5) is 22.8. The minimum atomic E-state index is -0.325. The van der Waals surface area contributed by atoms with Gasteiger partial charge in [0.05, 0.1) is 36.3 Å². The zero-order valence-corrected chi connectivity index (χ0v) is 21.8. The van der Waals surface area contributed by atoms with Gasteiger partial charge in [-0.05, 0) is 37.6 Å². The van der Waals surface area contributed by atoms with Crippen molar-refractivity contribution in [2.24, 2.45) is 14.1 Å². The van der Waals surface area contributed by atoms with Gasteiger partial charge in [-0.2, -0.15) is 15.5 Å². The summed E-state index contributed by atoms with van der Waals surface area (Å²) in [5.74, 6) is 0.955. The molecule has 4 aromatic heterocycles. The van der Waals surface area contributed by atoms with Gasteiger partial charge in [0.1, 0.15) is 29.4 Å². The lowest BCUT2D eigenvalue weighted by Gasteiger charge is -2.11. The molecule has 38 heavy (non-hydrogen) atoms. The first-order chi connectivity index (χ1) is 18.3. The molecule has 0 fully saturated rings. The Morgan fingerprint density at radius 3 is 2.74 bits per heavy atom. The summed E-state index contributed by atoms with van der Waals surface area (Å²) in [5, 5.41) is 21.7. The molecule has 192 valence electrons. The molecule has 0 unspecified atom stereocenters. The number of aryl methyl sites for hydroxylation is 4. The second kappa shape index (κ2) is 9.82. The van der Waals surface area contributed by atoms with Crippen molar-refractivity contribution in [1.29, 1.82) is 5.26 Å². The fourth-order valence-corrected chi connectivity index (χ4v) is 4.44. The van der Waals surface area contributed by atoms with E-state index in [0.717, 1.165) is 33.4 Å². The van der Waals surface area contributed by atoms with E-state index in [2.05, 4.69) is 21.6 Å². The van der Waals surface area contributed by atoms with Gasteiger partial charge < -0.3 is 14.6 Å². The molecule has 5 rings (SSSR count). The van der Waals surface area contributed by atoms with Crippen molar-refractivity contribution in [2.45, 2.75) is 26.9 Å². The van der Waals surface area contributed by atoms with E-state index < -0.39 is 0 Å². The normalized spacial score (nSPS) is 11.1. The standard InChI is InChI=1S/C27H27N9O2/c1-16-6-7-18(24(10-16)38-5)13-29-27(37)20-12-22-19(14-30-35(22)4)25(31-20)26-32-21(15-34(26)3)23-11-17(2)33-36(23)9-8-28/h6-7,10-12,14-15H,9,13H2,1-5H3,(H,29,37). The van der Waals surface area contributed by atoms with Gasteiger partial charge in [0, 0.05) is 37.8 Å². The van der Waals surface area contributed by atoms with Gasteiger partial charge in [-0.25, -0.2) is 14.6 Å². The first kappa shape index (κ1) is 24.7. The molecule has 0 aliphatic carbocycles. The van der Waals surface area contributed by atoms with E-state index in [1.165, 1.54) is 0 Å². The third kappa shape index (κ3) is 4.48. The summed E-state index contributed by atoms with van der Waals surface area (Å²) in [6.45, 7) is 4.26. The summed E-state index contributed by atoms with van der Waals surface area (Å²) >= 11 is 0. The molecule has 1 amide bonds. The van der Waals surface area contributed by atoms with E-state index in [1.54, 1.807) is 28.7 Å². The van der Waals surface area contributed by atoms with Gasteiger partial charge in [0.15, 0.2) is 5.82 Å². The van der Waals surface area contributed by atoms with E-state index in [1.807, 2.05) is 63.0 Å². The van der Waals surface area contributed by atoms with Crippen LogP contribution in [0.5, 0.6) is 5.75 Å². The molecule has 0 aliphatic rings. The number of nitrogens with one attached hydrogen (secondary N) is 1. The molecule has 1 aromatic carbocycles. The number of hydrogen-bond acceptors (Lipinski definition) is 7. The molecular weight excluding hydrogens is 482 g/mol. The summed E-state index contributed by atoms with van der Waals surface area (Å²) in [7, 11) is 5.29. The van der Waals surface area contributed by atoms with Crippen molar-refractivity contribution in [2.75, 3.05) is 7.11 Å². The van der Waals surface area contributed by atoms with E-state index in [4.69, 9.17) is 14.7 Å². The van der Waals surface area contributed by atoms with Crippen molar-refractivity contribution >= 4 is 16.8 Å². The monoisotopic (exact) mass is 509 g/mol. The van der Waals surface area contributed by atoms with Crippen LogP contribution in [0, 0.1) is 25.2 Å². The number of ether oxygens (including phenoxy) is 1. The maximum absolute atomic E-state index is 13.3. The number of amides is 1. The molecule has 5 aromatic rings. The van der Waals surface area contributed by atoms with Crippen molar-refractivity contribution in [3.05, 3.63) is 65.2 Å². The molecule has 4 heterocycles. The Balaban J connectivity index is 1.53. The highest BCUT2D eigenvalue weighted by atomic mass is 16.5. The van der Waals surface area contributed by atoms with E-state index in [0.29, 0.717) is 23.0 Å². The van der Waals surface area contributed by atoms with Gasteiger partial charge >= 0.3 is 0 Å². The quantitative estimate of drug-likeness (QED) is 0.356. The zero-order chi connectivity index (χ0) is 27.0. The predicted octanol–water partition coefficient (Wildman–Crippen LogP) is 3.31. The number of carbonyl (C=O) groups is 1. The van der Waals surface area contributed by atoms with Gasteiger partial charge in [-0.1, -0.05) is 12.1 Å². The highest BCUT2D eigenvalue weighted by Gasteiger charge is 2.21. The van der Waals surface area contributed by atoms with Crippen molar-refractivity contribution < 1.29 is 9.53 Å². The van der Waals surface area contributed by atoms with Crippen molar-refractivity contribution in [3.8, 4) is 34.7 Å². The van der Waals surface area contributed by atoms with Gasteiger partial charge in [-0.15, -0.1) is 0 Å². The molecule has 0 atom stereocenters. The van der Waals surface area contributed by atoms with Crippen LogP contribution in [0.4, 0.5) is 0 Å². The smallest absolute Gasteiger partial charge is 0.270 e. The SMILES string of the molecule is COc1cc(C)ccc1CNC(=O)c1cc2c(cnn2C)c(-c2nc(-c3cc(C)nn3CC#N)cn2C)n1. The number of carbonyl (C=O) groups excluding carboxylic acids is 1. The number of hydrogen-bond donors (Lipinski definition) is 1. The number of nitriles is 1. The van der Waals surface area contributed by atoms with Crippen LogP contribution in [-0.2, 0) is 27.2 Å². The number of imidazole rings is 1. The average Bonchev–Trinajstić information content (AvgIpc) is 3.59. The number of benzene rings is 1. The molecule has 0 aliphatic heterocycles. The minimum Gasteiger partial charge on any atom is -0.496 e. The van der Waals surface area contributed by atoms with Crippen molar-refractivity contribution in [3.63, 3.8) is 0 Å². The number of aromatic nitrogens is 7. The molecule has 11 nitrogen and oxygen atoms in total. The third-order valence-corrected chi connectivity index (χ3v) is 6.33. The molecule has 11 heteroatoms. The van der Waals surface area contributed by atoms with E-state index in [9.17, 15) is 10.1 Å². The Hall–Kier alpha value is -4.98. The van der Waals surface area contributed by atoms with Gasteiger partial charge in [-0.3, -0.25) is 9.48 Å². The fraction of sp³-hybridized carbons (Fsp3) is 0.259.